The number of hydrogen-bond acceptors (Lipinski definition) is 7. The van der Waals surface area contributed by atoms with Gasteiger partial charge in [-0.25, -0.2) is 4.79 Å². The minimum atomic E-state index is -0.567. The van der Waals surface area contributed by atoms with Crippen LogP contribution in [0.4, 0.5) is 5.69 Å². The average Bonchev–Trinajstić information content (AvgIpc) is 3.02. The van der Waals surface area contributed by atoms with Crippen molar-refractivity contribution < 1.29 is 23.6 Å². The van der Waals surface area contributed by atoms with Crippen molar-refractivity contribution in [2.45, 2.75) is 26.3 Å². The molecule has 2 rings (SSSR count). The lowest BCUT2D eigenvalue weighted by atomic mass is 10.1. The van der Waals surface area contributed by atoms with Crippen LogP contribution in [0.2, 0.25) is 0 Å². The van der Waals surface area contributed by atoms with E-state index < -0.39 is 17.8 Å². The summed E-state index contributed by atoms with van der Waals surface area (Å²) < 4.78 is 9.49. The molecule has 1 aromatic heterocycles. The van der Waals surface area contributed by atoms with Gasteiger partial charge in [0.05, 0.1) is 24.8 Å². The van der Waals surface area contributed by atoms with Gasteiger partial charge in [-0.2, -0.15) is 4.98 Å². The summed E-state index contributed by atoms with van der Waals surface area (Å²) in [5.74, 6) is -1.70. The summed E-state index contributed by atoms with van der Waals surface area (Å²) in [6.45, 7) is 3.59. The molecule has 0 aliphatic heterocycles. The minimum Gasteiger partial charge on any atom is -0.465 e. The number of carbonyl (C=O) groups excluding carboxylic acids is 3. The highest BCUT2D eigenvalue weighted by Crippen LogP contribution is 2.16. The van der Waals surface area contributed by atoms with Crippen molar-refractivity contribution >= 4 is 23.5 Å². The highest BCUT2D eigenvalue weighted by atomic mass is 16.5. The predicted octanol–water partition coefficient (Wildman–Crippen LogP) is 1.18. The maximum absolute atomic E-state index is 12.1. The smallest absolute Gasteiger partial charge is 0.339 e. The molecule has 0 unspecified atom stereocenters. The molecule has 0 atom stereocenters. The monoisotopic (exact) mass is 346 g/mol. The molecular weight excluding hydrogens is 328 g/mol. The molecule has 9 heteroatoms. The van der Waals surface area contributed by atoms with Gasteiger partial charge in [-0.1, -0.05) is 17.3 Å². The van der Waals surface area contributed by atoms with E-state index in [-0.39, 0.29) is 29.7 Å². The van der Waals surface area contributed by atoms with Crippen molar-refractivity contribution in [1.82, 2.24) is 15.5 Å². The van der Waals surface area contributed by atoms with E-state index in [1.807, 2.05) is 0 Å². The van der Waals surface area contributed by atoms with E-state index >= 15 is 0 Å². The number of esters is 1. The van der Waals surface area contributed by atoms with Crippen LogP contribution in [0.3, 0.4) is 0 Å². The molecule has 1 aromatic carbocycles. The van der Waals surface area contributed by atoms with Gasteiger partial charge in [0.25, 0.3) is 0 Å². The third kappa shape index (κ3) is 4.87. The van der Waals surface area contributed by atoms with Gasteiger partial charge in [-0.05, 0) is 26.0 Å². The molecule has 2 amide bonds. The van der Waals surface area contributed by atoms with Crippen molar-refractivity contribution in [3.8, 4) is 0 Å². The number of benzene rings is 1. The van der Waals surface area contributed by atoms with Crippen LogP contribution >= 0.6 is 0 Å². The van der Waals surface area contributed by atoms with E-state index in [0.717, 1.165) is 0 Å². The number of carbonyl (C=O) groups is 3. The molecule has 2 aromatic rings. The maximum atomic E-state index is 12.1. The van der Waals surface area contributed by atoms with Gasteiger partial charge >= 0.3 is 17.8 Å². The predicted molar refractivity (Wildman–Crippen MR) is 87.0 cm³/mol. The number of methoxy groups -OCH3 is 1. The maximum Gasteiger partial charge on any atom is 0.339 e. The second-order valence-corrected chi connectivity index (χ2v) is 5.41. The van der Waals surface area contributed by atoms with Crippen molar-refractivity contribution in [1.29, 1.82) is 0 Å². The summed E-state index contributed by atoms with van der Waals surface area (Å²) in [6, 6.07) is 6.35. The number of aromatic nitrogens is 2. The molecule has 0 aliphatic carbocycles. The van der Waals surface area contributed by atoms with E-state index in [9.17, 15) is 14.4 Å². The zero-order valence-corrected chi connectivity index (χ0v) is 14.0. The lowest BCUT2D eigenvalue weighted by Gasteiger charge is -2.08. The number of rotatable bonds is 6. The largest absolute Gasteiger partial charge is 0.465 e. The van der Waals surface area contributed by atoms with Gasteiger partial charge < -0.3 is 19.9 Å². The van der Waals surface area contributed by atoms with Crippen molar-refractivity contribution in [2.24, 2.45) is 0 Å². The first-order valence-electron chi connectivity index (χ1n) is 7.51. The summed E-state index contributed by atoms with van der Waals surface area (Å²) in [4.78, 5) is 39.4. The zero-order valence-electron chi connectivity index (χ0n) is 14.0. The Morgan fingerprint density at radius 1 is 1.24 bits per heavy atom. The van der Waals surface area contributed by atoms with Gasteiger partial charge in [-0.15, -0.1) is 0 Å². The van der Waals surface area contributed by atoms with Crippen LogP contribution < -0.4 is 10.6 Å². The Morgan fingerprint density at radius 3 is 2.64 bits per heavy atom. The van der Waals surface area contributed by atoms with Crippen LogP contribution in [0.15, 0.2) is 28.8 Å². The average molecular weight is 346 g/mol. The van der Waals surface area contributed by atoms with Gasteiger partial charge in [-0.3, -0.25) is 9.59 Å². The van der Waals surface area contributed by atoms with Crippen LogP contribution in [-0.4, -0.2) is 41.1 Å². The second-order valence-electron chi connectivity index (χ2n) is 5.41. The lowest BCUT2D eigenvalue weighted by molar-refractivity contribution is -0.115. The Kier molecular flexibility index (Phi) is 5.83. The normalized spacial score (nSPS) is 10.4. The first-order valence-corrected chi connectivity index (χ1v) is 7.51. The van der Waals surface area contributed by atoms with E-state index in [4.69, 9.17) is 4.52 Å². The Labute approximate surface area is 143 Å². The molecule has 0 radical (unpaired) electrons. The van der Waals surface area contributed by atoms with Crippen LogP contribution in [0, 0.1) is 0 Å². The molecular formula is C16H18N4O5. The summed E-state index contributed by atoms with van der Waals surface area (Å²) in [5.41, 5.74) is 0.532. The molecule has 0 fully saturated rings. The number of amides is 2. The number of para-hydroxylation sites is 1. The number of nitrogens with zero attached hydrogens (tertiary/aromatic N) is 2. The first-order chi connectivity index (χ1) is 11.9. The molecule has 1 heterocycles. The summed E-state index contributed by atoms with van der Waals surface area (Å²) >= 11 is 0. The Balaban J connectivity index is 2.03. The molecule has 132 valence electrons. The summed E-state index contributed by atoms with van der Waals surface area (Å²) in [7, 11) is 1.25. The van der Waals surface area contributed by atoms with Crippen molar-refractivity contribution in [2.75, 3.05) is 12.4 Å². The summed E-state index contributed by atoms with van der Waals surface area (Å²) in [5, 5.41) is 8.79. The highest BCUT2D eigenvalue weighted by molar-refractivity contribution is 6.01. The van der Waals surface area contributed by atoms with Crippen LogP contribution in [0.25, 0.3) is 0 Å². The van der Waals surface area contributed by atoms with Gasteiger partial charge in [0, 0.05) is 6.04 Å². The van der Waals surface area contributed by atoms with Crippen LogP contribution in [0.1, 0.15) is 40.7 Å². The van der Waals surface area contributed by atoms with Gasteiger partial charge in [0.1, 0.15) is 0 Å². The fourth-order valence-corrected chi connectivity index (χ4v) is 1.96. The highest BCUT2D eigenvalue weighted by Gasteiger charge is 2.19. The molecule has 25 heavy (non-hydrogen) atoms. The zero-order chi connectivity index (χ0) is 18.4. The topological polar surface area (TPSA) is 123 Å². The minimum absolute atomic E-state index is 0.0574. The van der Waals surface area contributed by atoms with E-state index in [1.54, 1.807) is 32.0 Å². The van der Waals surface area contributed by atoms with E-state index in [0.29, 0.717) is 5.69 Å². The lowest BCUT2D eigenvalue weighted by Crippen LogP contribution is -2.30. The fraction of sp³-hybridized carbons (Fsp3) is 0.312. The molecule has 0 saturated heterocycles. The standard InChI is InChI=1S/C16H18N4O5/c1-9(2)17-14(22)15-19-12(20-25-15)8-13(21)18-11-7-5-4-6-10(11)16(23)24-3/h4-7,9H,8H2,1-3H3,(H,17,22)(H,18,21). The van der Waals surface area contributed by atoms with Crippen molar-refractivity contribution in [3.63, 3.8) is 0 Å². The number of hydrogen-bond donors (Lipinski definition) is 2. The van der Waals surface area contributed by atoms with Crippen LogP contribution in [-0.2, 0) is 16.0 Å². The Hall–Kier alpha value is -3.23. The van der Waals surface area contributed by atoms with E-state index in [1.165, 1.54) is 13.2 Å². The van der Waals surface area contributed by atoms with E-state index in [2.05, 4.69) is 25.5 Å². The Morgan fingerprint density at radius 2 is 1.96 bits per heavy atom. The quantitative estimate of drug-likeness (QED) is 0.753. The number of nitrogens with one attached hydrogen (secondary N) is 2. The molecule has 0 bridgehead atoms. The Bertz CT molecular complexity index is 784. The summed E-state index contributed by atoms with van der Waals surface area (Å²) in [6.07, 6.45) is -0.214. The number of anilines is 1. The van der Waals surface area contributed by atoms with Crippen molar-refractivity contribution in [3.05, 3.63) is 41.5 Å². The second kappa shape index (κ2) is 8.04. The number of ether oxygens (including phenoxy) is 1. The van der Waals surface area contributed by atoms with Gasteiger partial charge in [0.15, 0.2) is 5.82 Å². The molecule has 2 N–H and O–H groups in total. The van der Waals surface area contributed by atoms with Gasteiger partial charge in [0.2, 0.25) is 5.91 Å². The third-order valence-corrected chi connectivity index (χ3v) is 3.01. The van der Waals surface area contributed by atoms with Crippen LogP contribution in [0.5, 0.6) is 0 Å². The molecule has 0 spiro atoms. The molecule has 9 nitrogen and oxygen atoms in total. The molecule has 0 saturated carbocycles. The fourth-order valence-electron chi connectivity index (χ4n) is 1.96. The first kappa shape index (κ1) is 18.1. The SMILES string of the molecule is COC(=O)c1ccccc1NC(=O)Cc1noc(C(=O)NC(C)C)n1. The third-order valence-electron chi connectivity index (χ3n) is 3.01. The molecule has 0 aliphatic rings.